The molecule has 0 aromatic carbocycles. The van der Waals surface area contributed by atoms with Gasteiger partial charge in [-0.05, 0) is 18.1 Å². The lowest BCUT2D eigenvalue weighted by atomic mass is 10.2. The largest absolute Gasteiger partial charge is 0.340 e. The lowest BCUT2D eigenvalue weighted by Gasteiger charge is -2.29. The van der Waals surface area contributed by atoms with Gasteiger partial charge in [0.25, 0.3) is 0 Å². The fourth-order valence-electron chi connectivity index (χ4n) is 1.88. The number of carbonyl (C=O) groups excluding carboxylic acids is 1. The Hall–Kier alpha value is -1.25. The number of rotatable bonds is 2. The second kappa shape index (κ2) is 3.48. The third-order valence-corrected chi connectivity index (χ3v) is 2.52. The van der Waals surface area contributed by atoms with Crippen molar-refractivity contribution in [3.8, 4) is 0 Å². The molecule has 0 N–H and O–H groups in total. The van der Waals surface area contributed by atoms with E-state index in [0.717, 1.165) is 13.1 Å². The van der Waals surface area contributed by atoms with Gasteiger partial charge in [-0.2, -0.15) is 0 Å². The molecule has 3 nitrogen and oxygen atoms in total. The lowest BCUT2D eigenvalue weighted by Crippen LogP contribution is -2.40. The number of amides is 1. The number of hydrogen-bond donors (Lipinski definition) is 0. The zero-order valence-electron chi connectivity index (χ0n) is 8.73. The summed E-state index contributed by atoms with van der Waals surface area (Å²) < 4.78 is 2.03. The van der Waals surface area contributed by atoms with E-state index in [0.29, 0.717) is 12.5 Å². The number of nitrogens with zero attached hydrogens (tertiary/aromatic N) is 2. The molecule has 1 aromatic heterocycles. The summed E-state index contributed by atoms with van der Waals surface area (Å²) in [7, 11) is 0. The molecule has 0 spiro atoms. The van der Waals surface area contributed by atoms with Crippen molar-refractivity contribution in [3.63, 3.8) is 0 Å². The Morgan fingerprint density at radius 3 is 2.93 bits per heavy atom. The maximum Gasteiger partial charge on any atom is 0.242 e. The monoisotopic (exact) mass is 192 g/mol. The van der Waals surface area contributed by atoms with E-state index in [-0.39, 0.29) is 5.91 Å². The molecule has 0 saturated heterocycles. The number of fused-ring (bicyclic) bond motifs is 1. The molecule has 14 heavy (non-hydrogen) atoms. The fourth-order valence-corrected chi connectivity index (χ4v) is 1.88. The van der Waals surface area contributed by atoms with Crippen LogP contribution in [-0.4, -0.2) is 21.9 Å². The highest BCUT2D eigenvalue weighted by atomic mass is 16.2. The van der Waals surface area contributed by atoms with Gasteiger partial charge in [0.1, 0.15) is 6.54 Å². The summed E-state index contributed by atoms with van der Waals surface area (Å²) in [5.74, 6) is 0.780. The highest BCUT2D eigenvalue weighted by Crippen LogP contribution is 2.14. The predicted molar refractivity (Wildman–Crippen MR) is 54.7 cm³/mol. The number of hydrogen-bond acceptors (Lipinski definition) is 1. The molecule has 1 aromatic rings. The van der Waals surface area contributed by atoms with E-state index in [9.17, 15) is 4.79 Å². The van der Waals surface area contributed by atoms with Gasteiger partial charge in [-0.1, -0.05) is 13.8 Å². The smallest absolute Gasteiger partial charge is 0.242 e. The Morgan fingerprint density at radius 2 is 2.21 bits per heavy atom. The van der Waals surface area contributed by atoms with Crippen LogP contribution in [-0.2, 0) is 17.9 Å². The Morgan fingerprint density at radius 1 is 1.43 bits per heavy atom. The Labute approximate surface area is 84.3 Å². The predicted octanol–water partition coefficient (Wildman–Crippen LogP) is 1.49. The standard InChI is InChI=1S/C11H16N2O/c1-9(2)6-13-7-10-4-3-5-12(10)8-11(13)14/h3-5,9H,6-8H2,1-2H3. The summed E-state index contributed by atoms with van der Waals surface area (Å²) in [6.07, 6.45) is 1.97. The average Bonchev–Trinajstić information content (AvgIpc) is 2.51. The third kappa shape index (κ3) is 1.67. The third-order valence-electron chi connectivity index (χ3n) is 2.52. The molecule has 1 amide bonds. The van der Waals surface area contributed by atoms with Crippen molar-refractivity contribution in [1.82, 2.24) is 9.47 Å². The maximum atomic E-state index is 11.7. The van der Waals surface area contributed by atoms with Crippen LogP contribution in [0.5, 0.6) is 0 Å². The van der Waals surface area contributed by atoms with Crippen LogP contribution in [0.15, 0.2) is 18.3 Å². The van der Waals surface area contributed by atoms with E-state index in [2.05, 4.69) is 19.9 Å². The van der Waals surface area contributed by atoms with Crippen LogP contribution in [0.4, 0.5) is 0 Å². The molecule has 0 fully saturated rings. The fraction of sp³-hybridized carbons (Fsp3) is 0.545. The van der Waals surface area contributed by atoms with E-state index in [1.807, 2.05) is 21.7 Å². The first-order chi connectivity index (χ1) is 6.66. The van der Waals surface area contributed by atoms with Crippen LogP contribution in [0.1, 0.15) is 19.5 Å². The summed E-state index contributed by atoms with van der Waals surface area (Å²) in [6, 6.07) is 4.08. The van der Waals surface area contributed by atoms with E-state index in [1.54, 1.807) is 0 Å². The number of carbonyl (C=O) groups is 1. The molecule has 76 valence electrons. The van der Waals surface area contributed by atoms with Crippen LogP contribution in [0.2, 0.25) is 0 Å². The minimum Gasteiger partial charge on any atom is -0.340 e. The molecular weight excluding hydrogens is 176 g/mol. The summed E-state index contributed by atoms with van der Waals surface area (Å²) >= 11 is 0. The van der Waals surface area contributed by atoms with Crippen molar-refractivity contribution in [2.75, 3.05) is 6.54 Å². The first kappa shape index (κ1) is 9.31. The van der Waals surface area contributed by atoms with Crippen molar-refractivity contribution in [1.29, 1.82) is 0 Å². The van der Waals surface area contributed by atoms with Gasteiger partial charge in [0.05, 0.1) is 6.54 Å². The van der Waals surface area contributed by atoms with Crippen molar-refractivity contribution in [3.05, 3.63) is 24.0 Å². The van der Waals surface area contributed by atoms with Gasteiger partial charge < -0.3 is 9.47 Å². The minimum absolute atomic E-state index is 0.238. The molecular formula is C11H16N2O. The maximum absolute atomic E-state index is 11.7. The van der Waals surface area contributed by atoms with Gasteiger partial charge in [-0.25, -0.2) is 0 Å². The van der Waals surface area contributed by atoms with E-state index >= 15 is 0 Å². The van der Waals surface area contributed by atoms with Crippen LogP contribution in [0.25, 0.3) is 0 Å². The summed E-state index contributed by atoms with van der Waals surface area (Å²) in [4.78, 5) is 13.6. The Kier molecular flexibility index (Phi) is 2.32. The highest BCUT2D eigenvalue weighted by molar-refractivity contribution is 5.77. The normalized spacial score (nSPS) is 16.2. The van der Waals surface area contributed by atoms with E-state index < -0.39 is 0 Å². The molecule has 0 radical (unpaired) electrons. The SMILES string of the molecule is CC(C)CN1Cc2cccn2CC1=O. The zero-order chi connectivity index (χ0) is 10.1. The molecule has 2 heterocycles. The van der Waals surface area contributed by atoms with Gasteiger partial charge in [0.2, 0.25) is 5.91 Å². The van der Waals surface area contributed by atoms with Crippen molar-refractivity contribution in [2.45, 2.75) is 26.9 Å². The molecule has 0 aliphatic carbocycles. The molecule has 0 unspecified atom stereocenters. The molecule has 1 aliphatic rings. The first-order valence-corrected chi connectivity index (χ1v) is 5.08. The topological polar surface area (TPSA) is 25.2 Å². The van der Waals surface area contributed by atoms with Gasteiger partial charge in [0, 0.05) is 18.4 Å². The summed E-state index contributed by atoms with van der Waals surface area (Å²) in [5, 5.41) is 0. The molecule has 3 heteroatoms. The van der Waals surface area contributed by atoms with Gasteiger partial charge in [-0.15, -0.1) is 0 Å². The Bertz CT molecular complexity index is 341. The van der Waals surface area contributed by atoms with E-state index in [1.165, 1.54) is 5.69 Å². The van der Waals surface area contributed by atoms with Gasteiger partial charge in [-0.3, -0.25) is 4.79 Å². The zero-order valence-corrected chi connectivity index (χ0v) is 8.73. The van der Waals surface area contributed by atoms with E-state index in [4.69, 9.17) is 0 Å². The highest BCUT2D eigenvalue weighted by Gasteiger charge is 2.22. The second-order valence-electron chi connectivity index (χ2n) is 4.30. The van der Waals surface area contributed by atoms with Crippen LogP contribution < -0.4 is 0 Å². The summed E-state index contributed by atoms with van der Waals surface area (Å²) in [5.41, 5.74) is 1.24. The van der Waals surface area contributed by atoms with Crippen molar-refractivity contribution in [2.24, 2.45) is 5.92 Å². The lowest BCUT2D eigenvalue weighted by molar-refractivity contribution is -0.134. The van der Waals surface area contributed by atoms with Crippen LogP contribution >= 0.6 is 0 Å². The molecule has 0 bridgehead atoms. The summed E-state index contributed by atoms with van der Waals surface area (Å²) in [6.45, 7) is 6.42. The number of aromatic nitrogens is 1. The second-order valence-corrected chi connectivity index (χ2v) is 4.30. The first-order valence-electron chi connectivity index (χ1n) is 5.08. The molecule has 1 aliphatic heterocycles. The Balaban J connectivity index is 2.13. The van der Waals surface area contributed by atoms with Crippen LogP contribution in [0.3, 0.4) is 0 Å². The van der Waals surface area contributed by atoms with Crippen LogP contribution in [0, 0.1) is 5.92 Å². The quantitative estimate of drug-likeness (QED) is 0.697. The van der Waals surface area contributed by atoms with Crippen molar-refractivity contribution >= 4 is 5.91 Å². The minimum atomic E-state index is 0.238. The van der Waals surface area contributed by atoms with Gasteiger partial charge >= 0.3 is 0 Å². The average molecular weight is 192 g/mol. The molecule has 2 rings (SSSR count). The van der Waals surface area contributed by atoms with Gasteiger partial charge in [0.15, 0.2) is 0 Å². The molecule has 0 atom stereocenters. The van der Waals surface area contributed by atoms with Crippen molar-refractivity contribution < 1.29 is 4.79 Å². The molecule has 0 saturated carbocycles.